The van der Waals surface area contributed by atoms with Crippen molar-refractivity contribution < 1.29 is 14.6 Å². The zero-order valence-electron chi connectivity index (χ0n) is 8.85. The van der Waals surface area contributed by atoms with Crippen LogP contribution in [0.5, 0.6) is 5.75 Å². The van der Waals surface area contributed by atoms with E-state index in [4.69, 9.17) is 15.2 Å². The highest BCUT2D eigenvalue weighted by Crippen LogP contribution is 2.18. The van der Waals surface area contributed by atoms with Crippen molar-refractivity contribution in [2.45, 2.75) is 6.10 Å². The van der Waals surface area contributed by atoms with E-state index in [2.05, 4.69) is 0 Å². The first-order chi connectivity index (χ1) is 7.27. The van der Waals surface area contributed by atoms with Crippen molar-refractivity contribution in [1.29, 1.82) is 0 Å². The zero-order chi connectivity index (χ0) is 11.1. The lowest BCUT2D eigenvalue weighted by Crippen LogP contribution is -2.13. The van der Waals surface area contributed by atoms with Gasteiger partial charge in [-0.05, 0) is 17.7 Å². The third kappa shape index (κ3) is 3.87. The van der Waals surface area contributed by atoms with Crippen molar-refractivity contribution >= 4 is 0 Å². The summed E-state index contributed by atoms with van der Waals surface area (Å²) in [7, 11) is 1.59. The SMILES string of the molecule is COc1cccc(C(O)COCCN)c1. The predicted molar refractivity (Wildman–Crippen MR) is 57.8 cm³/mol. The molecule has 0 amide bonds. The van der Waals surface area contributed by atoms with Gasteiger partial charge in [0.1, 0.15) is 11.9 Å². The van der Waals surface area contributed by atoms with Gasteiger partial charge in [0.2, 0.25) is 0 Å². The maximum atomic E-state index is 9.75. The first-order valence-corrected chi connectivity index (χ1v) is 4.87. The van der Waals surface area contributed by atoms with E-state index in [-0.39, 0.29) is 6.61 Å². The van der Waals surface area contributed by atoms with Crippen LogP contribution in [-0.4, -0.2) is 32.0 Å². The molecule has 0 fully saturated rings. The highest BCUT2D eigenvalue weighted by molar-refractivity contribution is 5.29. The molecule has 1 aromatic carbocycles. The molecule has 1 rings (SSSR count). The van der Waals surface area contributed by atoms with Crippen LogP contribution in [-0.2, 0) is 4.74 Å². The van der Waals surface area contributed by atoms with Crippen LogP contribution >= 0.6 is 0 Å². The van der Waals surface area contributed by atoms with Crippen molar-refractivity contribution in [2.75, 3.05) is 26.9 Å². The molecular weight excluding hydrogens is 194 g/mol. The van der Waals surface area contributed by atoms with Crippen LogP contribution in [0.1, 0.15) is 11.7 Å². The van der Waals surface area contributed by atoms with Gasteiger partial charge in [0.25, 0.3) is 0 Å². The standard InChI is InChI=1S/C11H17NO3/c1-14-10-4-2-3-9(7-10)11(13)8-15-6-5-12/h2-4,7,11,13H,5-6,8,12H2,1H3. The average Bonchev–Trinajstić information content (AvgIpc) is 2.29. The summed E-state index contributed by atoms with van der Waals surface area (Å²) >= 11 is 0. The van der Waals surface area contributed by atoms with Gasteiger partial charge in [0, 0.05) is 6.54 Å². The number of ether oxygens (including phenoxy) is 2. The van der Waals surface area contributed by atoms with E-state index in [1.165, 1.54) is 0 Å². The molecule has 1 unspecified atom stereocenters. The van der Waals surface area contributed by atoms with E-state index in [0.29, 0.717) is 13.2 Å². The van der Waals surface area contributed by atoms with Gasteiger partial charge < -0.3 is 20.3 Å². The van der Waals surface area contributed by atoms with Crippen molar-refractivity contribution in [2.24, 2.45) is 5.73 Å². The Kier molecular flexibility index (Phi) is 5.10. The minimum Gasteiger partial charge on any atom is -0.497 e. The summed E-state index contributed by atoms with van der Waals surface area (Å²) in [5.74, 6) is 0.727. The fraction of sp³-hybridized carbons (Fsp3) is 0.455. The summed E-state index contributed by atoms with van der Waals surface area (Å²) in [6.07, 6.45) is -0.633. The smallest absolute Gasteiger partial charge is 0.119 e. The molecule has 4 heteroatoms. The second-order valence-corrected chi connectivity index (χ2v) is 3.16. The Morgan fingerprint density at radius 3 is 2.93 bits per heavy atom. The average molecular weight is 211 g/mol. The van der Waals surface area contributed by atoms with E-state index >= 15 is 0 Å². The number of benzene rings is 1. The molecule has 0 heterocycles. The maximum absolute atomic E-state index is 9.75. The second-order valence-electron chi connectivity index (χ2n) is 3.16. The van der Waals surface area contributed by atoms with Crippen LogP contribution in [0.2, 0.25) is 0 Å². The Labute approximate surface area is 89.6 Å². The minimum absolute atomic E-state index is 0.254. The lowest BCUT2D eigenvalue weighted by molar-refractivity contribution is 0.0394. The third-order valence-corrected chi connectivity index (χ3v) is 2.02. The summed E-state index contributed by atoms with van der Waals surface area (Å²) in [6, 6.07) is 7.28. The van der Waals surface area contributed by atoms with Crippen LogP contribution in [0.3, 0.4) is 0 Å². The number of rotatable bonds is 6. The Morgan fingerprint density at radius 1 is 1.47 bits per heavy atom. The summed E-state index contributed by atoms with van der Waals surface area (Å²) in [5.41, 5.74) is 6.06. The van der Waals surface area contributed by atoms with E-state index in [0.717, 1.165) is 11.3 Å². The number of aliphatic hydroxyl groups is 1. The van der Waals surface area contributed by atoms with Crippen molar-refractivity contribution in [3.63, 3.8) is 0 Å². The highest BCUT2D eigenvalue weighted by atomic mass is 16.5. The second kappa shape index (κ2) is 6.40. The van der Waals surface area contributed by atoms with E-state index in [1.807, 2.05) is 18.2 Å². The molecule has 4 nitrogen and oxygen atoms in total. The topological polar surface area (TPSA) is 64.7 Å². The molecular formula is C11H17NO3. The molecule has 3 N–H and O–H groups in total. The van der Waals surface area contributed by atoms with Crippen molar-refractivity contribution in [3.8, 4) is 5.75 Å². The first-order valence-electron chi connectivity index (χ1n) is 4.87. The zero-order valence-corrected chi connectivity index (χ0v) is 8.85. The molecule has 0 aliphatic heterocycles. The Hall–Kier alpha value is -1.10. The number of aliphatic hydroxyl groups excluding tert-OH is 1. The predicted octanol–water partition coefficient (Wildman–Crippen LogP) is 0.704. The molecule has 0 aliphatic carbocycles. The molecule has 0 bridgehead atoms. The Bertz CT molecular complexity index is 291. The number of hydrogen-bond donors (Lipinski definition) is 2. The highest BCUT2D eigenvalue weighted by Gasteiger charge is 2.07. The van der Waals surface area contributed by atoms with E-state index < -0.39 is 6.10 Å². The van der Waals surface area contributed by atoms with Gasteiger partial charge in [-0.1, -0.05) is 12.1 Å². The van der Waals surface area contributed by atoms with Gasteiger partial charge in [0.15, 0.2) is 0 Å². The molecule has 1 aromatic rings. The summed E-state index contributed by atoms with van der Waals surface area (Å²) < 4.78 is 10.2. The van der Waals surface area contributed by atoms with Gasteiger partial charge in [-0.15, -0.1) is 0 Å². The summed E-state index contributed by atoms with van der Waals surface area (Å²) in [6.45, 7) is 1.18. The summed E-state index contributed by atoms with van der Waals surface area (Å²) in [5, 5.41) is 9.75. The van der Waals surface area contributed by atoms with Gasteiger partial charge in [-0.25, -0.2) is 0 Å². The molecule has 0 saturated heterocycles. The lowest BCUT2D eigenvalue weighted by atomic mass is 10.1. The molecule has 1 atom stereocenters. The molecule has 15 heavy (non-hydrogen) atoms. The van der Waals surface area contributed by atoms with Crippen LogP contribution in [0.4, 0.5) is 0 Å². The number of methoxy groups -OCH3 is 1. The quantitative estimate of drug-likeness (QED) is 0.680. The fourth-order valence-corrected chi connectivity index (χ4v) is 1.22. The van der Waals surface area contributed by atoms with Gasteiger partial charge >= 0.3 is 0 Å². The summed E-state index contributed by atoms with van der Waals surface area (Å²) in [4.78, 5) is 0. The minimum atomic E-state index is -0.633. The van der Waals surface area contributed by atoms with Crippen LogP contribution in [0.25, 0.3) is 0 Å². The normalized spacial score (nSPS) is 12.5. The Balaban J connectivity index is 2.52. The fourth-order valence-electron chi connectivity index (χ4n) is 1.22. The van der Waals surface area contributed by atoms with Crippen LogP contribution < -0.4 is 10.5 Å². The Morgan fingerprint density at radius 2 is 2.27 bits per heavy atom. The van der Waals surface area contributed by atoms with E-state index in [1.54, 1.807) is 13.2 Å². The lowest BCUT2D eigenvalue weighted by Gasteiger charge is -2.12. The van der Waals surface area contributed by atoms with Gasteiger partial charge in [-0.3, -0.25) is 0 Å². The molecule has 0 aliphatic rings. The van der Waals surface area contributed by atoms with Gasteiger partial charge in [0.05, 0.1) is 20.3 Å². The molecule has 0 spiro atoms. The third-order valence-electron chi connectivity index (χ3n) is 2.02. The van der Waals surface area contributed by atoms with Crippen LogP contribution in [0, 0.1) is 0 Å². The molecule has 84 valence electrons. The molecule has 0 radical (unpaired) electrons. The van der Waals surface area contributed by atoms with Gasteiger partial charge in [-0.2, -0.15) is 0 Å². The van der Waals surface area contributed by atoms with Crippen molar-refractivity contribution in [3.05, 3.63) is 29.8 Å². The number of hydrogen-bond acceptors (Lipinski definition) is 4. The first kappa shape index (κ1) is 12.0. The monoisotopic (exact) mass is 211 g/mol. The molecule has 0 saturated carbocycles. The van der Waals surface area contributed by atoms with Crippen LogP contribution in [0.15, 0.2) is 24.3 Å². The van der Waals surface area contributed by atoms with E-state index in [9.17, 15) is 5.11 Å². The maximum Gasteiger partial charge on any atom is 0.119 e. The largest absolute Gasteiger partial charge is 0.497 e. The molecule has 0 aromatic heterocycles. The number of nitrogens with two attached hydrogens (primary N) is 1. The van der Waals surface area contributed by atoms with Crippen molar-refractivity contribution in [1.82, 2.24) is 0 Å².